The van der Waals surface area contributed by atoms with Gasteiger partial charge in [0.1, 0.15) is 0 Å². The van der Waals surface area contributed by atoms with Crippen molar-refractivity contribution in [2.24, 2.45) is 0 Å². The largest absolute Gasteiger partial charge is 0.370 e. The van der Waals surface area contributed by atoms with E-state index in [-0.39, 0.29) is 11.5 Å². The smallest absolute Gasteiger partial charge is 0.234 e. The van der Waals surface area contributed by atoms with Crippen LogP contribution in [-0.4, -0.2) is 18.3 Å². The lowest BCUT2D eigenvalue weighted by Crippen LogP contribution is -2.37. The molecule has 2 aliphatic rings. The summed E-state index contributed by atoms with van der Waals surface area (Å²) in [5, 5.41) is 2.91. The zero-order valence-electron chi connectivity index (χ0n) is 9.08. The van der Waals surface area contributed by atoms with Gasteiger partial charge in [-0.1, -0.05) is 6.07 Å². The highest BCUT2D eigenvalue weighted by Gasteiger charge is 2.35. The minimum absolute atomic E-state index is 0.0781. The van der Waals surface area contributed by atoms with E-state index in [9.17, 15) is 4.79 Å². The number of thioether (sulfide) groups is 1. The van der Waals surface area contributed by atoms with Gasteiger partial charge < -0.3 is 10.1 Å². The van der Waals surface area contributed by atoms with Gasteiger partial charge in [-0.15, -0.1) is 11.8 Å². The summed E-state index contributed by atoms with van der Waals surface area (Å²) < 4.78 is 5.60. The SMILES string of the molecule is CC1(c2ccc3c(c2)NC(=O)CS3)CCO1. The number of amides is 1. The second-order valence-corrected chi connectivity index (χ2v) is 5.39. The van der Waals surface area contributed by atoms with Gasteiger partial charge >= 0.3 is 0 Å². The van der Waals surface area contributed by atoms with Crippen molar-refractivity contribution in [3.05, 3.63) is 23.8 Å². The van der Waals surface area contributed by atoms with Crippen LogP contribution in [0, 0.1) is 0 Å². The fourth-order valence-corrected chi connectivity index (χ4v) is 2.84. The lowest BCUT2D eigenvalue weighted by Gasteiger charge is -2.39. The third kappa shape index (κ3) is 1.53. The first-order valence-electron chi connectivity index (χ1n) is 5.38. The van der Waals surface area contributed by atoms with Crippen LogP contribution in [0.1, 0.15) is 18.9 Å². The lowest BCUT2D eigenvalue weighted by atomic mass is 9.88. The van der Waals surface area contributed by atoms with E-state index >= 15 is 0 Å². The van der Waals surface area contributed by atoms with E-state index in [1.54, 1.807) is 11.8 Å². The summed E-state index contributed by atoms with van der Waals surface area (Å²) in [5.41, 5.74) is 1.93. The molecule has 2 aliphatic heterocycles. The van der Waals surface area contributed by atoms with Crippen molar-refractivity contribution in [2.45, 2.75) is 23.8 Å². The highest BCUT2D eigenvalue weighted by Crippen LogP contribution is 2.40. The molecule has 2 heterocycles. The molecule has 0 saturated carbocycles. The summed E-state index contributed by atoms with van der Waals surface area (Å²) in [7, 11) is 0. The highest BCUT2D eigenvalue weighted by atomic mass is 32.2. The van der Waals surface area contributed by atoms with Crippen LogP contribution < -0.4 is 5.32 Å². The predicted octanol–water partition coefficient (Wildman–Crippen LogP) is 2.37. The molecule has 84 valence electrons. The Morgan fingerprint density at radius 3 is 3.00 bits per heavy atom. The number of hydrogen-bond acceptors (Lipinski definition) is 3. The number of fused-ring (bicyclic) bond motifs is 1. The Hall–Kier alpha value is -1.000. The molecule has 4 heteroatoms. The van der Waals surface area contributed by atoms with Crippen LogP contribution in [0.5, 0.6) is 0 Å². The second kappa shape index (κ2) is 3.50. The summed E-state index contributed by atoms with van der Waals surface area (Å²) in [6.45, 7) is 2.92. The Labute approximate surface area is 98.6 Å². The molecule has 1 aromatic rings. The molecule has 0 bridgehead atoms. The van der Waals surface area contributed by atoms with Crippen LogP contribution in [0.15, 0.2) is 23.1 Å². The third-order valence-electron chi connectivity index (χ3n) is 3.22. The van der Waals surface area contributed by atoms with Crippen LogP contribution in [-0.2, 0) is 15.1 Å². The third-order valence-corrected chi connectivity index (χ3v) is 4.30. The van der Waals surface area contributed by atoms with Gasteiger partial charge in [-0.3, -0.25) is 4.79 Å². The molecule has 3 nitrogen and oxygen atoms in total. The number of hydrogen-bond donors (Lipinski definition) is 1. The zero-order chi connectivity index (χ0) is 11.2. The first-order chi connectivity index (χ1) is 7.67. The quantitative estimate of drug-likeness (QED) is 0.812. The Balaban J connectivity index is 1.98. The molecule has 1 N–H and O–H groups in total. The minimum atomic E-state index is -0.151. The van der Waals surface area contributed by atoms with E-state index in [0.717, 1.165) is 29.2 Å². The normalized spacial score (nSPS) is 27.9. The molecule has 0 aliphatic carbocycles. The Morgan fingerprint density at radius 2 is 2.31 bits per heavy atom. The molecular formula is C12H13NO2S. The van der Waals surface area contributed by atoms with E-state index in [4.69, 9.17) is 4.74 Å². The average molecular weight is 235 g/mol. The zero-order valence-corrected chi connectivity index (χ0v) is 9.89. The van der Waals surface area contributed by atoms with Gasteiger partial charge in [0.25, 0.3) is 0 Å². The Morgan fingerprint density at radius 1 is 1.50 bits per heavy atom. The maximum Gasteiger partial charge on any atom is 0.234 e. The molecule has 1 saturated heterocycles. The van der Waals surface area contributed by atoms with Crippen LogP contribution in [0.3, 0.4) is 0 Å². The maximum atomic E-state index is 11.3. The molecule has 1 amide bonds. The number of carbonyl (C=O) groups is 1. The molecule has 1 aromatic carbocycles. The summed E-state index contributed by atoms with van der Waals surface area (Å²) in [6, 6.07) is 6.21. The molecule has 0 spiro atoms. The molecule has 1 atom stereocenters. The fourth-order valence-electron chi connectivity index (χ4n) is 2.05. The molecule has 3 rings (SSSR count). The van der Waals surface area contributed by atoms with Gasteiger partial charge in [0, 0.05) is 11.3 Å². The molecule has 0 aromatic heterocycles. The topological polar surface area (TPSA) is 38.3 Å². The van der Waals surface area contributed by atoms with Gasteiger partial charge in [-0.2, -0.15) is 0 Å². The summed E-state index contributed by atoms with van der Waals surface area (Å²) in [6.07, 6.45) is 1.05. The van der Waals surface area contributed by atoms with Crippen molar-refractivity contribution in [3.8, 4) is 0 Å². The van der Waals surface area contributed by atoms with Crippen LogP contribution in [0.4, 0.5) is 5.69 Å². The lowest BCUT2D eigenvalue weighted by molar-refractivity contribution is -0.140. The van der Waals surface area contributed by atoms with Gasteiger partial charge in [0.2, 0.25) is 5.91 Å². The van der Waals surface area contributed by atoms with Crippen molar-refractivity contribution in [1.82, 2.24) is 0 Å². The number of benzene rings is 1. The van der Waals surface area contributed by atoms with Gasteiger partial charge in [-0.05, 0) is 24.6 Å². The molecule has 1 fully saturated rings. The Bertz CT molecular complexity index is 454. The van der Waals surface area contributed by atoms with E-state index < -0.39 is 0 Å². The monoisotopic (exact) mass is 235 g/mol. The van der Waals surface area contributed by atoms with Crippen molar-refractivity contribution in [3.63, 3.8) is 0 Å². The predicted molar refractivity (Wildman–Crippen MR) is 63.7 cm³/mol. The first-order valence-corrected chi connectivity index (χ1v) is 6.37. The standard InChI is InChI=1S/C12H13NO2S/c1-12(4-5-15-12)8-2-3-10-9(6-8)13-11(14)7-16-10/h2-3,6H,4-5,7H2,1H3,(H,13,14). The number of ether oxygens (including phenoxy) is 1. The highest BCUT2D eigenvalue weighted by molar-refractivity contribution is 8.00. The van der Waals surface area contributed by atoms with Gasteiger partial charge in [0.15, 0.2) is 0 Å². The van der Waals surface area contributed by atoms with Crippen molar-refractivity contribution >= 4 is 23.4 Å². The maximum absolute atomic E-state index is 11.3. The van der Waals surface area contributed by atoms with E-state index in [2.05, 4.69) is 24.4 Å². The molecule has 1 unspecified atom stereocenters. The van der Waals surface area contributed by atoms with E-state index in [0.29, 0.717) is 5.75 Å². The van der Waals surface area contributed by atoms with Crippen molar-refractivity contribution in [1.29, 1.82) is 0 Å². The Kier molecular flexibility index (Phi) is 2.23. The number of nitrogens with one attached hydrogen (secondary N) is 1. The second-order valence-electron chi connectivity index (χ2n) is 4.38. The van der Waals surface area contributed by atoms with Crippen LogP contribution in [0.2, 0.25) is 0 Å². The number of carbonyl (C=O) groups excluding carboxylic acids is 1. The first kappa shape index (κ1) is 10.2. The van der Waals surface area contributed by atoms with E-state index in [1.807, 2.05) is 6.07 Å². The van der Waals surface area contributed by atoms with Gasteiger partial charge in [0.05, 0.1) is 23.6 Å². The van der Waals surface area contributed by atoms with Crippen LogP contribution in [0.25, 0.3) is 0 Å². The fraction of sp³-hybridized carbons (Fsp3) is 0.417. The summed E-state index contributed by atoms with van der Waals surface area (Å²) in [5.74, 6) is 0.592. The molecule has 0 radical (unpaired) electrons. The van der Waals surface area contributed by atoms with E-state index in [1.165, 1.54) is 0 Å². The summed E-state index contributed by atoms with van der Waals surface area (Å²) in [4.78, 5) is 12.5. The minimum Gasteiger partial charge on any atom is -0.370 e. The number of rotatable bonds is 1. The number of anilines is 1. The van der Waals surface area contributed by atoms with Crippen molar-refractivity contribution in [2.75, 3.05) is 17.7 Å². The average Bonchev–Trinajstić information content (AvgIpc) is 2.25. The van der Waals surface area contributed by atoms with Crippen LogP contribution >= 0.6 is 11.8 Å². The molecular weight excluding hydrogens is 222 g/mol. The van der Waals surface area contributed by atoms with Crippen molar-refractivity contribution < 1.29 is 9.53 Å². The van der Waals surface area contributed by atoms with Gasteiger partial charge in [-0.25, -0.2) is 0 Å². The summed E-state index contributed by atoms with van der Waals surface area (Å²) >= 11 is 1.59. The molecule has 16 heavy (non-hydrogen) atoms.